The smallest absolute Gasteiger partial charge is 0.292 e. The summed E-state index contributed by atoms with van der Waals surface area (Å²) in [6, 6.07) is 9.60. The van der Waals surface area contributed by atoms with Gasteiger partial charge in [-0.2, -0.15) is 0 Å². The summed E-state index contributed by atoms with van der Waals surface area (Å²) in [5.74, 6) is 0.406. The van der Waals surface area contributed by atoms with Gasteiger partial charge in [-0.25, -0.2) is 9.97 Å². The number of nitrogens with one attached hydrogen (secondary N) is 1. The van der Waals surface area contributed by atoms with Crippen molar-refractivity contribution in [3.05, 3.63) is 77.3 Å². The number of hydrogen-bond donors (Lipinski definition) is 2. The SMILES string of the molecule is C[C@H]1CN(C(=O)c2oc(C(C)(C)O)nc2C2CC2)[C@@H](c2cc3ccccc3cn2)c2nc[nH]c21. The van der Waals surface area contributed by atoms with E-state index >= 15 is 0 Å². The van der Waals surface area contributed by atoms with Gasteiger partial charge in [-0.05, 0) is 38.1 Å². The van der Waals surface area contributed by atoms with Gasteiger partial charge in [0.2, 0.25) is 11.7 Å². The van der Waals surface area contributed by atoms with E-state index < -0.39 is 11.6 Å². The standard InChI is InChI=1S/C26H27N5O3/c1-14-12-31(24(32)23-20(15-8-9-15)30-25(34-23)26(2,3)33)22(21-19(14)28-13-29-21)18-10-16-6-4-5-7-17(16)11-27-18/h4-7,10-11,13-15,22,33H,8-9,12H2,1-3H3,(H,28,29)/t14-,22-/m0/s1. The van der Waals surface area contributed by atoms with Crippen molar-refractivity contribution in [3.63, 3.8) is 0 Å². The summed E-state index contributed by atoms with van der Waals surface area (Å²) in [6.07, 6.45) is 5.45. The van der Waals surface area contributed by atoms with Crippen LogP contribution in [0.15, 0.2) is 47.3 Å². The second-order valence-corrected chi connectivity index (χ2v) is 9.99. The number of nitrogens with zero attached hydrogens (tertiary/aromatic N) is 4. The third kappa shape index (κ3) is 3.40. The van der Waals surface area contributed by atoms with Gasteiger partial charge < -0.3 is 19.4 Å². The zero-order valence-corrected chi connectivity index (χ0v) is 19.4. The highest BCUT2D eigenvalue weighted by Crippen LogP contribution is 2.44. The lowest BCUT2D eigenvalue weighted by Crippen LogP contribution is -2.42. The van der Waals surface area contributed by atoms with Crippen LogP contribution in [0.5, 0.6) is 0 Å². The van der Waals surface area contributed by atoms with Crippen LogP contribution >= 0.6 is 0 Å². The van der Waals surface area contributed by atoms with Gasteiger partial charge in [0.25, 0.3) is 5.91 Å². The van der Waals surface area contributed by atoms with Gasteiger partial charge in [-0.15, -0.1) is 0 Å². The molecule has 0 radical (unpaired) electrons. The first-order valence-electron chi connectivity index (χ1n) is 11.7. The molecule has 0 saturated heterocycles. The molecule has 2 atom stereocenters. The van der Waals surface area contributed by atoms with Crippen LogP contribution in [0.25, 0.3) is 10.8 Å². The number of pyridine rings is 1. The number of carbonyl (C=O) groups excluding carboxylic acids is 1. The number of carbonyl (C=O) groups is 1. The fourth-order valence-corrected chi connectivity index (χ4v) is 4.83. The average Bonchev–Trinajstić information content (AvgIpc) is 3.35. The van der Waals surface area contributed by atoms with Gasteiger partial charge in [-0.1, -0.05) is 31.2 Å². The molecule has 2 aliphatic rings. The molecule has 0 unspecified atom stereocenters. The minimum Gasteiger partial charge on any atom is -0.432 e. The summed E-state index contributed by atoms with van der Waals surface area (Å²) < 4.78 is 5.95. The molecule has 34 heavy (non-hydrogen) atoms. The van der Waals surface area contributed by atoms with Gasteiger partial charge in [0.1, 0.15) is 11.6 Å². The molecule has 1 saturated carbocycles. The van der Waals surface area contributed by atoms with E-state index in [9.17, 15) is 9.90 Å². The van der Waals surface area contributed by atoms with E-state index in [1.54, 1.807) is 25.1 Å². The zero-order valence-electron chi connectivity index (χ0n) is 19.4. The van der Waals surface area contributed by atoms with Crippen molar-refractivity contribution in [1.82, 2.24) is 24.8 Å². The van der Waals surface area contributed by atoms with Gasteiger partial charge in [0, 0.05) is 35.7 Å². The first-order chi connectivity index (χ1) is 16.3. The van der Waals surface area contributed by atoms with Crippen LogP contribution in [0.3, 0.4) is 0 Å². The Balaban J connectivity index is 1.48. The van der Waals surface area contributed by atoms with Crippen LogP contribution in [-0.2, 0) is 5.60 Å². The van der Waals surface area contributed by atoms with Gasteiger partial charge >= 0.3 is 0 Å². The summed E-state index contributed by atoms with van der Waals surface area (Å²) in [5.41, 5.74) is 1.94. The molecule has 1 amide bonds. The number of aromatic amines is 1. The molecular formula is C26H27N5O3. The molecule has 1 fully saturated rings. The van der Waals surface area contributed by atoms with E-state index in [4.69, 9.17) is 9.40 Å². The molecule has 0 bridgehead atoms. The summed E-state index contributed by atoms with van der Waals surface area (Å²) >= 11 is 0. The number of fused-ring (bicyclic) bond motifs is 2. The normalized spacial score (nSPS) is 20.5. The van der Waals surface area contributed by atoms with Gasteiger partial charge in [0.05, 0.1) is 23.4 Å². The molecule has 8 nitrogen and oxygen atoms in total. The highest BCUT2D eigenvalue weighted by molar-refractivity contribution is 5.94. The van der Waals surface area contributed by atoms with E-state index in [1.807, 2.05) is 36.5 Å². The predicted molar refractivity (Wildman–Crippen MR) is 125 cm³/mol. The molecule has 1 aromatic carbocycles. The van der Waals surface area contributed by atoms with E-state index in [0.717, 1.165) is 40.7 Å². The number of hydrogen-bond acceptors (Lipinski definition) is 6. The fourth-order valence-electron chi connectivity index (χ4n) is 4.83. The summed E-state index contributed by atoms with van der Waals surface area (Å²) in [5, 5.41) is 12.6. The van der Waals surface area contributed by atoms with E-state index in [-0.39, 0.29) is 29.4 Å². The Bertz CT molecular complexity index is 1390. The number of oxazole rings is 1. The number of amides is 1. The second-order valence-electron chi connectivity index (χ2n) is 9.99. The Labute approximate surface area is 197 Å². The number of H-pyrrole nitrogens is 1. The van der Waals surface area contributed by atoms with Crippen molar-refractivity contribution < 1.29 is 14.3 Å². The Morgan fingerprint density at radius 3 is 2.68 bits per heavy atom. The third-order valence-corrected chi connectivity index (χ3v) is 6.76. The first-order valence-corrected chi connectivity index (χ1v) is 11.7. The lowest BCUT2D eigenvalue weighted by Gasteiger charge is -2.37. The zero-order chi connectivity index (χ0) is 23.6. The highest BCUT2D eigenvalue weighted by atomic mass is 16.4. The van der Waals surface area contributed by atoms with Crippen LogP contribution in [0, 0.1) is 0 Å². The summed E-state index contributed by atoms with van der Waals surface area (Å²) in [7, 11) is 0. The number of imidazole rings is 1. The molecule has 6 rings (SSSR count). The van der Waals surface area contributed by atoms with Crippen LogP contribution in [0.4, 0.5) is 0 Å². The topological polar surface area (TPSA) is 108 Å². The fraction of sp³-hybridized carbons (Fsp3) is 0.385. The van der Waals surface area contributed by atoms with Crippen molar-refractivity contribution in [2.45, 2.75) is 57.1 Å². The molecule has 1 aliphatic carbocycles. The van der Waals surface area contributed by atoms with Crippen molar-refractivity contribution in [3.8, 4) is 0 Å². The maximum Gasteiger partial charge on any atom is 0.292 e. The molecule has 174 valence electrons. The van der Waals surface area contributed by atoms with E-state index in [2.05, 4.69) is 21.9 Å². The second kappa shape index (κ2) is 7.50. The maximum absolute atomic E-state index is 14.1. The third-order valence-electron chi connectivity index (χ3n) is 6.76. The monoisotopic (exact) mass is 457 g/mol. The molecule has 8 heteroatoms. The molecule has 4 aromatic rings. The highest BCUT2D eigenvalue weighted by Gasteiger charge is 2.43. The van der Waals surface area contributed by atoms with Crippen LogP contribution < -0.4 is 0 Å². The average molecular weight is 458 g/mol. The first kappa shape index (κ1) is 21.0. The summed E-state index contributed by atoms with van der Waals surface area (Å²) in [4.78, 5) is 33.0. The molecule has 1 aliphatic heterocycles. The minimum absolute atomic E-state index is 0.0687. The predicted octanol–water partition coefficient (Wildman–Crippen LogP) is 4.40. The molecular weight excluding hydrogens is 430 g/mol. The van der Waals surface area contributed by atoms with Gasteiger partial charge in [0.15, 0.2) is 0 Å². The molecule has 4 heterocycles. The van der Waals surface area contributed by atoms with Crippen LogP contribution in [0.1, 0.15) is 90.7 Å². The van der Waals surface area contributed by atoms with E-state index in [0.29, 0.717) is 12.2 Å². The van der Waals surface area contributed by atoms with Crippen molar-refractivity contribution in [2.24, 2.45) is 0 Å². The van der Waals surface area contributed by atoms with Crippen molar-refractivity contribution in [2.75, 3.05) is 6.54 Å². The Kier molecular flexibility index (Phi) is 4.64. The molecule has 2 N–H and O–H groups in total. The molecule has 3 aromatic heterocycles. The van der Waals surface area contributed by atoms with Gasteiger partial charge in [-0.3, -0.25) is 9.78 Å². The number of aliphatic hydroxyl groups is 1. The Morgan fingerprint density at radius 1 is 1.18 bits per heavy atom. The largest absolute Gasteiger partial charge is 0.432 e. The quantitative estimate of drug-likeness (QED) is 0.470. The van der Waals surface area contributed by atoms with Crippen LogP contribution in [0.2, 0.25) is 0 Å². The van der Waals surface area contributed by atoms with Crippen molar-refractivity contribution in [1.29, 1.82) is 0 Å². The van der Waals surface area contributed by atoms with Crippen molar-refractivity contribution >= 4 is 16.7 Å². The number of benzene rings is 1. The van der Waals surface area contributed by atoms with E-state index in [1.165, 1.54) is 0 Å². The lowest BCUT2D eigenvalue weighted by atomic mass is 9.92. The van der Waals surface area contributed by atoms with Crippen LogP contribution in [-0.4, -0.2) is 42.4 Å². The minimum atomic E-state index is -1.27. The maximum atomic E-state index is 14.1. The lowest BCUT2D eigenvalue weighted by molar-refractivity contribution is 0.0437. The Morgan fingerprint density at radius 2 is 1.94 bits per heavy atom. The summed E-state index contributed by atoms with van der Waals surface area (Å²) in [6.45, 7) is 5.79. The Hall–Kier alpha value is -3.52. The number of rotatable bonds is 4. The molecule has 0 spiro atoms. The number of aromatic nitrogens is 4.